The summed E-state index contributed by atoms with van der Waals surface area (Å²) in [6.07, 6.45) is 0.843. The summed E-state index contributed by atoms with van der Waals surface area (Å²) in [6, 6.07) is 12.9. The molecule has 1 unspecified atom stereocenters. The lowest BCUT2D eigenvalue weighted by molar-refractivity contribution is 0.416. The van der Waals surface area contributed by atoms with E-state index >= 15 is 0 Å². The molecule has 0 aliphatic heterocycles. The zero-order valence-corrected chi connectivity index (χ0v) is 11.7. The molecule has 20 heavy (non-hydrogen) atoms. The van der Waals surface area contributed by atoms with Crippen LogP contribution < -0.4 is 15.8 Å². The highest BCUT2D eigenvalue weighted by atomic mass is 19.1. The first-order valence-electron chi connectivity index (χ1n) is 6.60. The van der Waals surface area contributed by atoms with Crippen LogP contribution in [0.5, 0.6) is 5.75 Å². The van der Waals surface area contributed by atoms with Crippen LogP contribution in [0.1, 0.15) is 24.9 Å². The zero-order valence-electron chi connectivity index (χ0n) is 11.7. The minimum Gasteiger partial charge on any atom is -0.495 e. The third-order valence-electron chi connectivity index (χ3n) is 3.26. The first kappa shape index (κ1) is 14.2. The van der Waals surface area contributed by atoms with Gasteiger partial charge in [-0.25, -0.2) is 4.39 Å². The minimum atomic E-state index is -0.377. The Hall–Kier alpha value is -2.23. The van der Waals surface area contributed by atoms with E-state index in [1.165, 1.54) is 13.2 Å². The van der Waals surface area contributed by atoms with Crippen LogP contribution in [0.3, 0.4) is 0 Å². The summed E-state index contributed by atoms with van der Waals surface area (Å²) < 4.78 is 19.1. The molecule has 0 saturated heterocycles. The van der Waals surface area contributed by atoms with Gasteiger partial charge in [-0.1, -0.05) is 37.3 Å². The maximum Gasteiger partial charge on any atom is 0.148 e. The highest BCUT2D eigenvalue weighted by Gasteiger charge is 2.13. The molecule has 0 aromatic heterocycles. The molecule has 106 valence electrons. The minimum absolute atomic E-state index is 0.0408. The number of anilines is 2. The van der Waals surface area contributed by atoms with Crippen LogP contribution in [0.4, 0.5) is 15.8 Å². The lowest BCUT2D eigenvalue weighted by Gasteiger charge is -2.20. The van der Waals surface area contributed by atoms with Gasteiger partial charge in [-0.2, -0.15) is 0 Å². The van der Waals surface area contributed by atoms with Crippen LogP contribution in [0.2, 0.25) is 0 Å². The van der Waals surface area contributed by atoms with Gasteiger partial charge in [0.2, 0.25) is 0 Å². The summed E-state index contributed by atoms with van der Waals surface area (Å²) in [5, 5.41) is 3.20. The number of nitrogen functional groups attached to an aromatic ring is 1. The van der Waals surface area contributed by atoms with E-state index in [1.54, 1.807) is 6.07 Å². The highest BCUT2D eigenvalue weighted by Crippen LogP contribution is 2.31. The van der Waals surface area contributed by atoms with Crippen molar-refractivity contribution >= 4 is 11.4 Å². The molecule has 0 aliphatic rings. The van der Waals surface area contributed by atoms with Crippen molar-refractivity contribution in [1.29, 1.82) is 0 Å². The number of ether oxygens (including phenoxy) is 1. The molecule has 0 saturated carbocycles. The van der Waals surface area contributed by atoms with E-state index in [0.29, 0.717) is 17.1 Å². The van der Waals surface area contributed by atoms with E-state index in [9.17, 15) is 4.39 Å². The van der Waals surface area contributed by atoms with Gasteiger partial charge in [0.25, 0.3) is 0 Å². The van der Waals surface area contributed by atoms with Gasteiger partial charge in [-0.15, -0.1) is 0 Å². The lowest BCUT2D eigenvalue weighted by Crippen LogP contribution is -2.11. The number of halogens is 1. The smallest absolute Gasteiger partial charge is 0.148 e. The molecule has 1 atom stereocenters. The average Bonchev–Trinajstić information content (AvgIpc) is 2.47. The summed E-state index contributed by atoms with van der Waals surface area (Å²) >= 11 is 0. The Kier molecular flexibility index (Phi) is 4.45. The predicted molar refractivity (Wildman–Crippen MR) is 80.5 cm³/mol. The Labute approximate surface area is 118 Å². The summed E-state index contributed by atoms with van der Waals surface area (Å²) in [6.45, 7) is 2.05. The largest absolute Gasteiger partial charge is 0.495 e. The van der Waals surface area contributed by atoms with E-state index in [-0.39, 0.29) is 11.9 Å². The Balaban J connectivity index is 2.28. The number of benzene rings is 2. The molecule has 0 spiro atoms. The van der Waals surface area contributed by atoms with Crippen LogP contribution in [0, 0.1) is 5.82 Å². The molecule has 3 N–H and O–H groups in total. The molecule has 0 heterocycles. The SMILES string of the molecule is CCC(Nc1cc(OC)c(N)cc1F)c1ccccc1. The Morgan fingerprint density at radius 3 is 2.55 bits per heavy atom. The van der Waals surface area contributed by atoms with Gasteiger partial charge in [-0.05, 0) is 12.0 Å². The van der Waals surface area contributed by atoms with Gasteiger partial charge < -0.3 is 15.8 Å². The molecule has 4 heteroatoms. The average molecular weight is 274 g/mol. The molecular weight excluding hydrogens is 255 g/mol. The fourth-order valence-electron chi connectivity index (χ4n) is 2.15. The van der Waals surface area contributed by atoms with Gasteiger partial charge in [0, 0.05) is 12.1 Å². The van der Waals surface area contributed by atoms with Gasteiger partial charge >= 0.3 is 0 Å². The normalized spacial score (nSPS) is 11.9. The van der Waals surface area contributed by atoms with E-state index in [1.807, 2.05) is 30.3 Å². The fraction of sp³-hybridized carbons (Fsp3) is 0.250. The van der Waals surface area contributed by atoms with E-state index in [2.05, 4.69) is 12.2 Å². The number of hydrogen-bond donors (Lipinski definition) is 2. The van der Waals surface area contributed by atoms with Gasteiger partial charge in [0.15, 0.2) is 0 Å². The standard InChI is InChI=1S/C16H19FN2O/c1-3-14(11-7-5-4-6-8-11)19-15-10-16(20-2)13(18)9-12(15)17/h4-10,14,19H,3,18H2,1-2H3. The van der Waals surface area contributed by atoms with Gasteiger partial charge in [-0.3, -0.25) is 0 Å². The van der Waals surface area contributed by atoms with Crippen molar-refractivity contribution in [3.05, 3.63) is 53.8 Å². The van der Waals surface area contributed by atoms with Crippen LogP contribution in [0.15, 0.2) is 42.5 Å². The molecular formula is C16H19FN2O. The molecule has 2 rings (SSSR count). The zero-order chi connectivity index (χ0) is 14.5. The topological polar surface area (TPSA) is 47.3 Å². The van der Waals surface area contributed by atoms with Crippen LogP contribution in [-0.4, -0.2) is 7.11 Å². The van der Waals surface area contributed by atoms with Crippen molar-refractivity contribution in [2.45, 2.75) is 19.4 Å². The summed E-state index contributed by atoms with van der Waals surface area (Å²) in [4.78, 5) is 0. The summed E-state index contributed by atoms with van der Waals surface area (Å²) in [7, 11) is 1.52. The second-order valence-corrected chi connectivity index (χ2v) is 4.59. The number of nitrogens with one attached hydrogen (secondary N) is 1. The van der Waals surface area contributed by atoms with Gasteiger partial charge in [0.05, 0.1) is 24.5 Å². The van der Waals surface area contributed by atoms with Crippen LogP contribution in [-0.2, 0) is 0 Å². The maximum absolute atomic E-state index is 14.0. The third kappa shape index (κ3) is 3.02. The van der Waals surface area contributed by atoms with Crippen molar-refractivity contribution in [2.75, 3.05) is 18.2 Å². The Bertz CT molecular complexity index is 572. The van der Waals surface area contributed by atoms with Gasteiger partial charge in [0.1, 0.15) is 11.6 Å². The number of hydrogen-bond acceptors (Lipinski definition) is 3. The number of methoxy groups -OCH3 is 1. The lowest BCUT2D eigenvalue weighted by atomic mass is 10.0. The van der Waals surface area contributed by atoms with Crippen LogP contribution in [0.25, 0.3) is 0 Å². The van der Waals surface area contributed by atoms with Crippen molar-refractivity contribution < 1.29 is 9.13 Å². The first-order valence-corrected chi connectivity index (χ1v) is 6.60. The molecule has 2 aromatic carbocycles. The number of rotatable bonds is 5. The first-order chi connectivity index (χ1) is 9.65. The van der Waals surface area contributed by atoms with Crippen LogP contribution >= 0.6 is 0 Å². The van der Waals surface area contributed by atoms with E-state index in [0.717, 1.165) is 12.0 Å². The van der Waals surface area contributed by atoms with Crippen molar-refractivity contribution in [3.63, 3.8) is 0 Å². The number of nitrogens with two attached hydrogens (primary N) is 1. The molecule has 3 nitrogen and oxygen atoms in total. The second kappa shape index (κ2) is 6.28. The predicted octanol–water partition coefficient (Wildman–Crippen LogP) is 3.98. The molecule has 0 fully saturated rings. The van der Waals surface area contributed by atoms with Crippen molar-refractivity contribution in [2.24, 2.45) is 0 Å². The maximum atomic E-state index is 14.0. The van der Waals surface area contributed by atoms with E-state index in [4.69, 9.17) is 10.5 Å². The summed E-state index contributed by atoms with van der Waals surface area (Å²) in [5.41, 5.74) is 7.49. The monoisotopic (exact) mass is 274 g/mol. The molecule has 0 aliphatic carbocycles. The summed E-state index contributed by atoms with van der Waals surface area (Å²) in [5.74, 6) is 0.0921. The molecule has 0 bridgehead atoms. The second-order valence-electron chi connectivity index (χ2n) is 4.59. The van der Waals surface area contributed by atoms with Crippen molar-refractivity contribution in [1.82, 2.24) is 0 Å². The molecule has 0 radical (unpaired) electrons. The van der Waals surface area contributed by atoms with E-state index < -0.39 is 0 Å². The quantitative estimate of drug-likeness (QED) is 0.811. The third-order valence-corrected chi connectivity index (χ3v) is 3.26. The Morgan fingerprint density at radius 1 is 1.25 bits per heavy atom. The van der Waals surface area contributed by atoms with Crippen molar-refractivity contribution in [3.8, 4) is 5.75 Å². The Morgan fingerprint density at radius 2 is 1.95 bits per heavy atom. The molecule has 2 aromatic rings. The molecule has 0 amide bonds. The highest BCUT2D eigenvalue weighted by molar-refractivity contribution is 5.62. The fourth-order valence-corrected chi connectivity index (χ4v) is 2.15.